The Balaban J connectivity index is -0.0000000200. The maximum Gasteiger partial charge on any atom is 5.00 e. The van der Waals surface area contributed by atoms with Crippen LogP contribution in [0.25, 0.3) is 0 Å². The molecule has 0 aliphatic heterocycles. The van der Waals surface area contributed by atoms with Gasteiger partial charge in [-0.05, 0) is 104 Å². The Morgan fingerprint density at radius 1 is 0.235 bits per heavy atom. The molecule has 68 heavy (non-hydrogen) atoms. The largest absolute Gasteiger partial charge is 5.00 e. The van der Waals surface area contributed by atoms with E-state index in [2.05, 4.69) is 0 Å². The molecule has 1 radical (unpaired) electrons. The Kier molecular flexibility index (Phi) is 252. The van der Waals surface area contributed by atoms with Crippen molar-refractivity contribution in [3.63, 3.8) is 0 Å². The van der Waals surface area contributed by atoms with E-state index in [0.29, 0.717) is 0 Å². The third kappa shape index (κ3) is 10800. The number of carboxylic acid groups (broad SMARTS) is 15. The van der Waals surface area contributed by atoms with Gasteiger partial charge < -0.3 is 159 Å². The number of carboxylic acids is 15. The van der Waals surface area contributed by atoms with Gasteiger partial charge in [0.25, 0.3) is 0 Å². The van der Waals surface area contributed by atoms with Crippen LogP contribution in [0.15, 0.2) is 0 Å². The topological polar surface area (TPSA) is 642 Å². The molecular formula is C32H51CoO32SnVW. The van der Waals surface area contributed by atoms with Crippen LogP contribution in [0.4, 0.5) is 0 Å². The van der Waals surface area contributed by atoms with Crippen LogP contribution in [0.2, 0.25) is 0 Å². The third-order valence-electron chi connectivity index (χ3n) is 0.1000. The number of carbonyl (C=O) groups excluding carboxylic acids is 15. The summed E-state index contributed by atoms with van der Waals surface area (Å²) in [6, 6.07) is 0. The first-order chi connectivity index (χ1) is 27.9. The first-order valence-corrected chi connectivity index (χ1v) is 14.8. The second-order valence-corrected chi connectivity index (χ2v) is 7.82. The Labute approximate surface area is 443 Å². The molecule has 0 aromatic carbocycles. The molecular weight excluding hydrogens is 1310 g/mol. The molecule has 2 N–H and O–H groups in total. The van der Waals surface area contributed by atoms with E-state index in [0.717, 1.165) is 104 Å². The van der Waals surface area contributed by atoms with Crippen LogP contribution >= 0.6 is 0 Å². The Morgan fingerprint density at radius 2 is 0.250 bits per heavy atom. The van der Waals surface area contributed by atoms with Crippen molar-refractivity contribution >= 4 is 113 Å². The fraction of sp³-hybridized carbons (Fsp3) is 0.531. The second-order valence-electron chi connectivity index (χ2n) is 7.82. The molecule has 0 spiro atoms. The summed E-state index contributed by atoms with van der Waals surface area (Å²) in [6.45, 7) is 14.3. The molecule has 395 valence electrons. The number of hydrogen-bond donors (Lipinski definition) is 2. The fourth-order valence-corrected chi connectivity index (χ4v) is 0. The Morgan fingerprint density at radius 3 is 0.250 bits per heavy atom. The summed E-state index contributed by atoms with van der Waals surface area (Å²) in [5.74, 6) is -16.3. The summed E-state index contributed by atoms with van der Waals surface area (Å²) in [6.07, 6.45) is 0. The van der Waals surface area contributed by atoms with E-state index < -0.39 is 89.5 Å². The zero-order valence-electron chi connectivity index (χ0n) is 38.7. The number of aliphatic hydroxyl groups is 2. The van der Waals surface area contributed by atoms with E-state index in [1.165, 1.54) is 0 Å². The SMILES string of the molecule is CC(=O)[O-].CC(=O)[O-].CC(=O)[O-].CC(=O)[O-].CC(=O)[O-].CC(=O)[O-].CC(=O)[O-].CC(=O)[O-].CC(=O)[O-].CC(=O)[O-].CC(=O)[O-].CC(=O)[O-].CC(=O)[O-].CC(=O)[O-].CC(=O)[O-].OCCO.[Co+2].[Sn+4].[V+5].[W+4]. The minimum Gasteiger partial charge on any atom is -0.550 e. The van der Waals surface area contributed by atoms with E-state index in [1.54, 1.807) is 0 Å². The molecule has 0 unspecified atom stereocenters. The van der Waals surface area contributed by atoms with Gasteiger partial charge in [0.05, 0.1) is 13.2 Å². The fourth-order valence-electron chi connectivity index (χ4n) is 0. The molecule has 0 atom stereocenters. The molecule has 36 heteroatoms. The van der Waals surface area contributed by atoms with Gasteiger partial charge >= 0.3 is 80.3 Å². The van der Waals surface area contributed by atoms with E-state index in [-0.39, 0.29) is 93.5 Å². The van der Waals surface area contributed by atoms with Crippen LogP contribution in [0, 0.1) is 0 Å². The maximum absolute atomic E-state index is 8.89. The van der Waals surface area contributed by atoms with E-state index >= 15 is 0 Å². The summed E-state index contributed by atoms with van der Waals surface area (Å²) in [4.78, 5) is 133. The minimum absolute atomic E-state index is 0. The number of rotatable bonds is 1. The number of carbonyl (C=O) groups is 15. The molecule has 0 saturated carbocycles. The van der Waals surface area contributed by atoms with Crippen LogP contribution in [0.1, 0.15) is 104 Å². The standard InChI is InChI=1S/15C2H4O2.C2H6O2.Co.Sn.V.W/c15*1-2(3)4;3-1-2-4;;;;/h15*1H3,(H,3,4);3-4H,1-2H2;;;;/q;;;;;;;;;;;;;;;;+2;+4;+5;+4/p-15. The predicted molar refractivity (Wildman–Crippen MR) is 180 cm³/mol. The van der Waals surface area contributed by atoms with Crippen LogP contribution < -0.4 is 76.6 Å². The van der Waals surface area contributed by atoms with E-state index in [1.807, 2.05) is 0 Å². The second kappa shape index (κ2) is 131. The van der Waals surface area contributed by atoms with Gasteiger partial charge in [0.2, 0.25) is 0 Å². The summed E-state index contributed by atoms with van der Waals surface area (Å²) in [7, 11) is 0. The van der Waals surface area contributed by atoms with Crippen LogP contribution in [-0.2, 0) is 128 Å². The number of aliphatic hydroxyl groups excluding tert-OH is 2. The van der Waals surface area contributed by atoms with Gasteiger partial charge in [0, 0.05) is 89.5 Å². The van der Waals surface area contributed by atoms with Crippen LogP contribution in [0.5, 0.6) is 0 Å². The monoisotopic (exact) mass is 1360 g/mol. The van der Waals surface area contributed by atoms with Crippen molar-refractivity contribution in [2.24, 2.45) is 0 Å². The van der Waals surface area contributed by atoms with Crippen LogP contribution in [-0.4, -0.2) is 137 Å². The van der Waals surface area contributed by atoms with Crippen molar-refractivity contribution in [2.45, 2.75) is 104 Å². The zero-order valence-corrected chi connectivity index (χ0v) is 47.0. The molecule has 0 rings (SSSR count). The van der Waals surface area contributed by atoms with E-state index in [4.69, 9.17) is 159 Å². The Bertz CT molecular complexity index is 821. The molecule has 0 aromatic rings. The summed E-state index contributed by atoms with van der Waals surface area (Å²) < 4.78 is 0. The molecule has 32 nitrogen and oxygen atoms in total. The molecule has 0 amide bonds. The molecule has 0 heterocycles. The van der Waals surface area contributed by atoms with Gasteiger partial charge in [-0.2, -0.15) is 0 Å². The Hall–Kier alpha value is -5.45. The summed E-state index contributed by atoms with van der Waals surface area (Å²) in [5, 5.41) is 149. The maximum atomic E-state index is 8.89. The van der Waals surface area contributed by atoms with Gasteiger partial charge in [-0.3, -0.25) is 0 Å². The van der Waals surface area contributed by atoms with Gasteiger partial charge in [-0.25, -0.2) is 0 Å². The normalized spacial score (nSPS) is 5.96. The molecule has 0 bridgehead atoms. The minimum atomic E-state index is -1.08. The number of hydrogen-bond acceptors (Lipinski definition) is 32. The predicted octanol–water partition coefficient (Wildman–Crippen LogP) is -20.1. The molecule has 0 fully saturated rings. The number of aliphatic carboxylic acids is 15. The van der Waals surface area contributed by atoms with Crippen molar-refractivity contribution in [3.8, 4) is 0 Å². The quantitative estimate of drug-likeness (QED) is 0.230. The first-order valence-electron chi connectivity index (χ1n) is 14.8. The average Bonchev–Trinajstić information content (AvgIpc) is 2.88. The van der Waals surface area contributed by atoms with Gasteiger partial charge in [0.15, 0.2) is 0 Å². The molecule has 0 aromatic heterocycles. The summed E-state index contributed by atoms with van der Waals surface area (Å²) >= 11 is 0. The summed E-state index contributed by atoms with van der Waals surface area (Å²) in [5.41, 5.74) is 0. The van der Waals surface area contributed by atoms with Gasteiger partial charge in [0.1, 0.15) is 0 Å². The van der Waals surface area contributed by atoms with Crippen molar-refractivity contribution in [1.82, 2.24) is 0 Å². The first kappa shape index (κ1) is 131. The molecule has 0 saturated heterocycles. The van der Waals surface area contributed by atoms with Crippen molar-refractivity contribution in [3.05, 3.63) is 0 Å². The van der Waals surface area contributed by atoms with Crippen molar-refractivity contribution < 1.29 is 215 Å². The van der Waals surface area contributed by atoms with Gasteiger partial charge in [-0.1, -0.05) is 0 Å². The van der Waals surface area contributed by atoms with Crippen LogP contribution in [0.3, 0.4) is 0 Å². The molecule has 0 aliphatic rings. The van der Waals surface area contributed by atoms with E-state index in [9.17, 15) is 0 Å². The average molecular weight is 1360 g/mol. The third-order valence-corrected chi connectivity index (χ3v) is 0.1000. The molecule has 0 aliphatic carbocycles. The van der Waals surface area contributed by atoms with Gasteiger partial charge in [-0.15, -0.1) is 0 Å². The van der Waals surface area contributed by atoms with Crippen molar-refractivity contribution in [1.29, 1.82) is 0 Å². The smallest absolute Gasteiger partial charge is 0.550 e. The van der Waals surface area contributed by atoms with Crippen molar-refractivity contribution in [2.75, 3.05) is 13.2 Å². The zero-order chi connectivity index (χ0) is 57.1.